The quantitative estimate of drug-likeness (QED) is 0.162. The molecule has 2 fully saturated rings. The first-order valence-electron chi connectivity index (χ1n) is 14.0. The summed E-state index contributed by atoms with van der Waals surface area (Å²) in [4.78, 5) is 0. The van der Waals surface area contributed by atoms with Crippen LogP contribution in [0.4, 0.5) is 0 Å². The summed E-state index contributed by atoms with van der Waals surface area (Å²) in [6.45, 7) is 0. The van der Waals surface area contributed by atoms with Crippen molar-refractivity contribution in [3.8, 4) is 22.6 Å². The lowest BCUT2D eigenvalue weighted by Gasteiger charge is -2.22. The summed E-state index contributed by atoms with van der Waals surface area (Å²) >= 11 is 0. The SMILES string of the molecule is Cl.Cl.N=C(N)c1cc(CC2CCCCC2)ccc1-c1ccc(-c2ccc(CC3CCCCC3)cc2C(=N)N)o1. The van der Waals surface area contributed by atoms with E-state index in [4.69, 9.17) is 26.7 Å². The van der Waals surface area contributed by atoms with Crippen molar-refractivity contribution >= 4 is 36.5 Å². The second-order valence-electron chi connectivity index (χ2n) is 11.2. The Bertz CT molecular complexity index is 1180. The van der Waals surface area contributed by atoms with Crippen LogP contribution in [0, 0.1) is 22.7 Å². The van der Waals surface area contributed by atoms with E-state index in [1.807, 2.05) is 24.3 Å². The summed E-state index contributed by atoms with van der Waals surface area (Å²) in [5.41, 5.74) is 17.6. The van der Waals surface area contributed by atoms with Gasteiger partial charge >= 0.3 is 0 Å². The molecule has 3 aromatic rings. The second-order valence-corrected chi connectivity index (χ2v) is 11.2. The Hall–Kier alpha value is -2.76. The minimum atomic E-state index is 0. The van der Waals surface area contributed by atoms with Gasteiger partial charge in [0.2, 0.25) is 0 Å². The summed E-state index contributed by atoms with van der Waals surface area (Å²) in [5.74, 6) is 2.89. The Kier molecular flexibility index (Phi) is 11.1. The highest BCUT2D eigenvalue weighted by Gasteiger charge is 2.20. The summed E-state index contributed by atoms with van der Waals surface area (Å²) in [5, 5.41) is 16.4. The van der Waals surface area contributed by atoms with Crippen LogP contribution in [0.25, 0.3) is 22.6 Å². The minimum Gasteiger partial charge on any atom is -0.456 e. The number of hydrogen-bond acceptors (Lipinski definition) is 3. The zero-order valence-electron chi connectivity index (χ0n) is 22.6. The molecule has 0 amide bonds. The second kappa shape index (κ2) is 14.0. The Morgan fingerprint density at radius 2 is 1.00 bits per heavy atom. The van der Waals surface area contributed by atoms with Crippen LogP contribution >= 0.6 is 24.8 Å². The predicted octanol–water partition coefficient (Wildman–Crippen LogP) is 8.27. The molecule has 0 radical (unpaired) electrons. The Labute approximate surface area is 245 Å². The maximum absolute atomic E-state index is 8.22. The zero-order chi connectivity index (χ0) is 25.8. The third kappa shape index (κ3) is 7.46. The average Bonchev–Trinajstić information content (AvgIpc) is 3.40. The molecule has 5 rings (SSSR count). The molecule has 5 nitrogen and oxygen atoms in total. The molecule has 2 aliphatic rings. The van der Waals surface area contributed by atoms with Crippen LogP contribution in [0.1, 0.15) is 86.5 Å². The Balaban J connectivity index is 0.00000210. The number of halogens is 2. The lowest BCUT2D eigenvalue weighted by Crippen LogP contribution is -2.14. The predicted molar refractivity (Wildman–Crippen MR) is 167 cm³/mol. The first-order chi connectivity index (χ1) is 18.0. The van der Waals surface area contributed by atoms with Crippen molar-refractivity contribution in [3.63, 3.8) is 0 Å². The van der Waals surface area contributed by atoms with Crippen molar-refractivity contribution in [2.24, 2.45) is 23.3 Å². The molecule has 1 heterocycles. The largest absolute Gasteiger partial charge is 0.456 e. The van der Waals surface area contributed by atoms with E-state index in [0.29, 0.717) is 22.6 Å². The molecule has 2 saturated carbocycles. The van der Waals surface area contributed by atoms with Gasteiger partial charge in [-0.3, -0.25) is 10.8 Å². The molecule has 2 aliphatic carbocycles. The smallest absolute Gasteiger partial charge is 0.135 e. The van der Waals surface area contributed by atoms with Crippen molar-refractivity contribution in [1.82, 2.24) is 0 Å². The van der Waals surface area contributed by atoms with Crippen LogP contribution in [0.5, 0.6) is 0 Å². The van der Waals surface area contributed by atoms with Crippen LogP contribution in [0.3, 0.4) is 0 Å². The summed E-state index contributed by atoms with van der Waals surface area (Å²) in [7, 11) is 0. The van der Waals surface area contributed by atoms with Gasteiger partial charge in [0.05, 0.1) is 0 Å². The first kappa shape index (κ1) is 30.8. The van der Waals surface area contributed by atoms with Crippen molar-refractivity contribution in [3.05, 3.63) is 70.8 Å². The Morgan fingerprint density at radius 3 is 1.36 bits per heavy atom. The van der Waals surface area contributed by atoms with Gasteiger partial charge < -0.3 is 15.9 Å². The molecular weight excluding hydrogens is 527 g/mol. The first-order valence-corrected chi connectivity index (χ1v) is 14.0. The van der Waals surface area contributed by atoms with Gasteiger partial charge in [-0.1, -0.05) is 88.5 Å². The van der Waals surface area contributed by atoms with E-state index < -0.39 is 0 Å². The number of nitrogens with one attached hydrogen (secondary N) is 2. The molecular formula is C32H42Cl2N4O. The van der Waals surface area contributed by atoms with Gasteiger partial charge in [0, 0.05) is 22.3 Å². The van der Waals surface area contributed by atoms with E-state index >= 15 is 0 Å². The molecule has 0 unspecified atom stereocenters. The zero-order valence-corrected chi connectivity index (χ0v) is 24.3. The maximum Gasteiger partial charge on any atom is 0.135 e. The fourth-order valence-electron chi connectivity index (χ4n) is 6.39. The van der Waals surface area contributed by atoms with Crippen LogP contribution in [0.15, 0.2) is 52.9 Å². The average molecular weight is 570 g/mol. The van der Waals surface area contributed by atoms with Crippen LogP contribution in [-0.4, -0.2) is 11.7 Å². The number of nitrogens with two attached hydrogens (primary N) is 2. The van der Waals surface area contributed by atoms with Gasteiger partial charge in [0.25, 0.3) is 0 Å². The van der Waals surface area contributed by atoms with Crippen molar-refractivity contribution in [2.75, 3.05) is 0 Å². The monoisotopic (exact) mass is 568 g/mol. The summed E-state index contributed by atoms with van der Waals surface area (Å²) in [6.07, 6.45) is 15.2. The van der Waals surface area contributed by atoms with Gasteiger partial charge in [0.1, 0.15) is 23.2 Å². The molecule has 6 N–H and O–H groups in total. The van der Waals surface area contributed by atoms with Crippen LogP contribution < -0.4 is 11.5 Å². The Morgan fingerprint density at radius 1 is 0.615 bits per heavy atom. The highest BCUT2D eigenvalue weighted by molar-refractivity contribution is 6.02. The maximum atomic E-state index is 8.22. The van der Waals surface area contributed by atoms with Gasteiger partial charge in [-0.25, -0.2) is 0 Å². The molecule has 39 heavy (non-hydrogen) atoms. The van der Waals surface area contributed by atoms with E-state index in [2.05, 4.69) is 24.3 Å². The minimum absolute atomic E-state index is 0. The highest BCUT2D eigenvalue weighted by atomic mass is 35.5. The van der Waals surface area contributed by atoms with Crippen molar-refractivity contribution in [1.29, 1.82) is 10.8 Å². The van der Waals surface area contributed by atoms with Gasteiger partial charge in [-0.05, 0) is 60.1 Å². The molecule has 0 aliphatic heterocycles. The molecule has 7 heteroatoms. The third-order valence-corrected chi connectivity index (χ3v) is 8.38. The van der Waals surface area contributed by atoms with Gasteiger partial charge in [0.15, 0.2) is 0 Å². The van der Waals surface area contributed by atoms with E-state index in [-0.39, 0.29) is 36.5 Å². The van der Waals surface area contributed by atoms with Crippen molar-refractivity contribution in [2.45, 2.75) is 77.0 Å². The fraction of sp³-hybridized carbons (Fsp3) is 0.438. The lowest BCUT2D eigenvalue weighted by molar-refractivity contribution is 0.356. The van der Waals surface area contributed by atoms with Gasteiger partial charge in [-0.15, -0.1) is 24.8 Å². The van der Waals surface area contributed by atoms with E-state index in [9.17, 15) is 0 Å². The number of hydrogen-bond donors (Lipinski definition) is 4. The molecule has 0 saturated heterocycles. The molecule has 1 aromatic heterocycles. The number of nitrogen functional groups attached to an aromatic ring is 2. The number of furan rings is 1. The molecule has 0 atom stereocenters. The fourth-order valence-corrected chi connectivity index (χ4v) is 6.39. The normalized spacial score (nSPS) is 16.2. The van der Waals surface area contributed by atoms with Crippen LogP contribution in [-0.2, 0) is 12.8 Å². The number of rotatable bonds is 8. The topological polar surface area (TPSA) is 113 Å². The van der Waals surface area contributed by atoms with E-state index in [1.165, 1.54) is 75.3 Å². The highest BCUT2D eigenvalue weighted by Crippen LogP contribution is 2.35. The van der Waals surface area contributed by atoms with Gasteiger partial charge in [-0.2, -0.15) is 0 Å². The summed E-state index contributed by atoms with van der Waals surface area (Å²) in [6, 6.07) is 16.4. The molecule has 0 bridgehead atoms. The summed E-state index contributed by atoms with van der Waals surface area (Å²) < 4.78 is 6.31. The molecule has 210 valence electrons. The number of benzene rings is 2. The van der Waals surface area contributed by atoms with Crippen LogP contribution in [0.2, 0.25) is 0 Å². The van der Waals surface area contributed by atoms with E-state index in [0.717, 1.165) is 35.8 Å². The van der Waals surface area contributed by atoms with E-state index in [1.54, 1.807) is 0 Å². The third-order valence-electron chi connectivity index (χ3n) is 8.38. The standard InChI is InChI=1S/C32H40N4O.2ClH/c33-31(34)27-19-23(17-21-7-3-1-4-8-21)11-13-25(27)29-15-16-30(37-29)26-14-12-24(20-28(26)32(35)36)18-22-9-5-2-6-10-22;;/h11-16,19-22H,1-10,17-18H2,(H3,33,34)(H3,35,36);2*1H. The lowest BCUT2D eigenvalue weighted by atomic mass is 9.84. The molecule has 2 aromatic carbocycles. The molecule has 0 spiro atoms. The number of amidine groups is 2. The van der Waals surface area contributed by atoms with Crippen molar-refractivity contribution < 1.29 is 4.42 Å².